The average molecular weight is 453 g/mol. The second-order valence-electron chi connectivity index (χ2n) is 10.8. The summed E-state index contributed by atoms with van der Waals surface area (Å²) in [6, 6.07) is 8.10. The summed E-state index contributed by atoms with van der Waals surface area (Å²) in [7, 11) is 0. The van der Waals surface area contributed by atoms with Crippen LogP contribution in [0.4, 0.5) is 0 Å². The minimum absolute atomic E-state index is 0.113. The van der Waals surface area contributed by atoms with Gasteiger partial charge in [-0.05, 0) is 99.7 Å². The molecule has 0 atom stereocenters. The van der Waals surface area contributed by atoms with Crippen molar-refractivity contribution in [3.05, 3.63) is 47.5 Å². The third-order valence-corrected chi connectivity index (χ3v) is 8.07. The molecule has 184 valence electrons. The normalized spacial score (nSPS) is 25.9. The first-order valence-corrected chi connectivity index (χ1v) is 14.1. The molecule has 2 fully saturated rings. The van der Waals surface area contributed by atoms with Gasteiger partial charge < -0.3 is 4.74 Å². The van der Waals surface area contributed by atoms with E-state index in [0.717, 1.165) is 43.4 Å². The highest BCUT2D eigenvalue weighted by Crippen LogP contribution is 2.33. The average Bonchev–Trinajstić information content (AvgIpc) is 2.85. The van der Waals surface area contributed by atoms with Crippen LogP contribution in [0.15, 0.2) is 36.4 Å². The molecule has 33 heavy (non-hydrogen) atoms. The van der Waals surface area contributed by atoms with E-state index in [4.69, 9.17) is 4.74 Å². The number of benzene rings is 1. The number of carbonyl (C=O) groups is 1. The Balaban J connectivity index is 1.32. The van der Waals surface area contributed by atoms with Gasteiger partial charge in [-0.25, -0.2) is 4.79 Å². The molecule has 2 nitrogen and oxygen atoms in total. The van der Waals surface area contributed by atoms with E-state index in [9.17, 15) is 4.79 Å². The maximum absolute atomic E-state index is 12.5. The highest BCUT2D eigenvalue weighted by molar-refractivity contribution is 5.89. The third-order valence-electron chi connectivity index (χ3n) is 8.07. The van der Waals surface area contributed by atoms with E-state index in [2.05, 4.69) is 38.1 Å². The zero-order valence-corrected chi connectivity index (χ0v) is 21.4. The van der Waals surface area contributed by atoms with Crippen LogP contribution in [0.3, 0.4) is 0 Å². The quantitative estimate of drug-likeness (QED) is 0.179. The largest absolute Gasteiger partial charge is 0.459 e. The predicted molar refractivity (Wildman–Crippen MR) is 140 cm³/mol. The lowest BCUT2D eigenvalue weighted by atomic mass is 9.79. The molecule has 0 aliphatic heterocycles. The van der Waals surface area contributed by atoms with Crippen LogP contribution < -0.4 is 0 Å². The van der Waals surface area contributed by atoms with Crippen LogP contribution in [0, 0.1) is 17.8 Å². The second kappa shape index (κ2) is 14.6. The van der Waals surface area contributed by atoms with Crippen LogP contribution >= 0.6 is 0 Å². The van der Waals surface area contributed by atoms with Gasteiger partial charge in [-0.15, -0.1) is 0 Å². The van der Waals surface area contributed by atoms with Gasteiger partial charge in [0.25, 0.3) is 0 Å². The minimum Gasteiger partial charge on any atom is -0.459 e. The van der Waals surface area contributed by atoms with Crippen molar-refractivity contribution >= 4 is 5.97 Å². The molecule has 3 rings (SSSR count). The van der Waals surface area contributed by atoms with Gasteiger partial charge in [0.05, 0.1) is 5.56 Å². The lowest BCUT2D eigenvalue weighted by molar-refractivity contribution is 0.0161. The molecule has 2 heteroatoms. The van der Waals surface area contributed by atoms with E-state index in [1.807, 2.05) is 12.1 Å². The summed E-state index contributed by atoms with van der Waals surface area (Å²) < 4.78 is 5.79. The molecule has 0 saturated heterocycles. The Bertz CT molecular complexity index is 688. The van der Waals surface area contributed by atoms with Crippen molar-refractivity contribution in [2.75, 3.05) is 0 Å². The van der Waals surface area contributed by atoms with E-state index in [0.29, 0.717) is 5.56 Å². The molecule has 1 aromatic rings. The Morgan fingerprint density at radius 2 is 1.52 bits per heavy atom. The molecule has 2 saturated carbocycles. The van der Waals surface area contributed by atoms with Gasteiger partial charge in [0.2, 0.25) is 0 Å². The Morgan fingerprint density at radius 1 is 0.848 bits per heavy atom. The standard InChI is InChI=1S/C31H48O2/c1-3-5-6-10-26-13-15-27(16-14-26)11-7-8-12-28-17-21-29(22-18-28)31(32)33-30-23-19-25(9-4-2)20-24-30/h7,11,17-18,21-22,25-27,30H,3-6,8-10,12-16,19-20,23-24H2,1-2H3/b11-7+/t25-,26-,27-,30-. The van der Waals surface area contributed by atoms with Crippen molar-refractivity contribution in [1.82, 2.24) is 0 Å². The molecule has 1 aromatic carbocycles. The Morgan fingerprint density at radius 3 is 2.18 bits per heavy atom. The number of carbonyl (C=O) groups excluding carboxylic acids is 1. The number of ether oxygens (including phenoxy) is 1. The van der Waals surface area contributed by atoms with Crippen LogP contribution in [0.1, 0.15) is 126 Å². The van der Waals surface area contributed by atoms with Crippen LogP contribution in [0.2, 0.25) is 0 Å². The number of aryl methyl sites for hydroxylation is 1. The number of esters is 1. The zero-order valence-electron chi connectivity index (χ0n) is 21.4. The van der Waals surface area contributed by atoms with Gasteiger partial charge in [-0.3, -0.25) is 0 Å². The van der Waals surface area contributed by atoms with Crippen LogP contribution in [0.5, 0.6) is 0 Å². The van der Waals surface area contributed by atoms with Crippen molar-refractivity contribution in [3.63, 3.8) is 0 Å². The van der Waals surface area contributed by atoms with Crippen molar-refractivity contribution in [3.8, 4) is 0 Å². The minimum atomic E-state index is -0.148. The van der Waals surface area contributed by atoms with Gasteiger partial charge in [0, 0.05) is 0 Å². The number of hydrogen-bond acceptors (Lipinski definition) is 2. The number of allylic oxidation sites excluding steroid dienone is 2. The fraction of sp³-hybridized carbons (Fsp3) is 0.710. The van der Waals surface area contributed by atoms with Crippen LogP contribution in [0.25, 0.3) is 0 Å². The highest BCUT2D eigenvalue weighted by Gasteiger charge is 2.24. The van der Waals surface area contributed by atoms with Gasteiger partial charge in [-0.2, -0.15) is 0 Å². The van der Waals surface area contributed by atoms with Gasteiger partial charge >= 0.3 is 5.97 Å². The molecular formula is C31H48O2. The monoisotopic (exact) mass is 452 g/mol. The number of hydrogen-bond donors (Lipinski definition) is 0. The Hall–Kier alpha value is -1.57. The first-order chi connectivity index (χ1) is 16.2. The van der Waals surface area contributed by atoms with Crippen molar-refractivity contribution in [2.24, 2.45) is 17.8 Å². The van der Waals surface area contributed by atoms with Crippen molar-refractivity contribution in [2.45, 2.75) is 123 Å². The maximum Gasteiger partial charge on any atom is 0.338 e. The lowest BCUT2D eigenvalue weighted by Gasteiger charge is -2.28. The van der Waals surface area contributed by atoms with E-state index in [1.165, 1.54) is 82.6 Å². The SMILES string of the molecule is CCCCC[C@H]1CC[C@H](/C=C/CCc2ccc(C(=O)O[C@H]3CC[C@H](CCC)CC3)cc2)CC1. The fourth-order valence-electron chi connectivity index (χ4n) is 5.86. The van der Waals surface area contributed by atoms with Gasteiger partial charge in [-0.1, -0.05) is 76.7 Å². The zero-order chi connectivity index (χ0) is 23.3. The summed E-state index contributed by atoms with van der Waals surface area (Å²) in [5, 5.41) is 0. The molecule has 2 aliphatic rings. The predicted octanol–water partition coefficient (Wildman–Crippen LogP) is 9.08. The molecule has 0 aromatic heterocycles. The third kappa shape index (κ3) is 9.30. The highest BCUT2D eigenvalue weighted by atomic mass is 16.5. The Labute approximate surface area is 203 Å². The summed E-state index contributed by atoms with van der Waals surface area (Å²) in [5.41, 5.74) is 2.00. The molecule has 0 heterocycles. The fourth-order valence-corrected chi connectivity index (χ4v) is 5.86. The summed E-state index contributed by atoms with van der Waals surface area (Å²) >= 11 is 0. The second-order valence-corrected chi connectivity index (χ2v) is 10.8. The molecule has 0 bridgehead atoms. The molecule has 0 unspecified atom stereocenters. The summed E-state index contributed by atoms with van der Waals surface area (Å²) in [6.45, 7) is 4.55. The Kier molecular flexibility index (Phi) is 11.6. The number of rotatable bonds is 12. The van der Waals surface area contributed by atoms with Crippen LogP contribution in [-0.2, 0) is 11.2 Å². The molecule has 0 N–H and O–H groups in total. The van der Waals surface area contributed by atoms with E-state index < -0.39 is 0 Å². The smallest absolute Gasteiger partial charge is 0.338 e. The topological polar surface area (TPSA) is 26.3 Å². The molecule has 2 aliphatic carbocycles. The van der Waals surface area contributed by atoms with Crippen molar-refractivity contribution in [1.29, 1.82) is 0 Å². The van der Waals surface area contributed by atoms with E-state index in [1.54, 1.807) is 0 Å². The maximum atomic E-state index is 12.5. The molecule has 0 radical (unpaired) electrons. The summed E-state index contributed by atoms with van der Waals surface area (Å²) in [5.74, 6) is 2.47. The van der Waals surface area contributed by atoms with E-state index in [-0.39, 0.29) is 12.1 Å². The molecule has 0 spiro atoms. The van der Waals surface area contributed by atoms with E-state index >= 15 is 0 Å². The summed E-state index contributed by atoms with van der Waals surface area (Å²) in [4.78, 5) is 12.5. The lowest BCUT2D eigenvalue weighted by Crippen LogP contribution is -2.24. The van der Waals surface area contributed by atoms with Crippen molar-refractivity contribution < 1.29 is 9.53 Å². The number of unbranched alkanes of at least 4 members (excludes halogenated alkanes) is 2. The molecular weight excluding hydrogens is 404 g/mol. The van der Waals surface area contributed by atoms with Gasteiger partial charge in [0.15, 0.2) is 0 Å². The summed E-state index contributed by atoms with van der Waals surface area (Å²) in [6.07, 6.45) is 25.4. The first-order valence-electron chi connectivity index (χ1n) is 14.1. The first kappa shape index (κ1) is 26.0. The molecule has 0 amide bonds. The van der Waals surface area contributed by atoms with Crippen LogP contribution in [-0.4, -0.2) is 12.1 Å². The van der Waals surface area contributed by atoms with Gasteiger partial charge in [0.1, 0.15) is 6.10 Å².